The largest absolute Gasteiger partial charge is 0.497 e. The van der Waals surface area contributed by atoms with Gasteiger partial charge in [-0.2, -0.15) is 0 Å². The molecule has 2 aliphatic rings. The number of urea groups is 1. The van der Waals surface area contributed by atoms with E-state index in [0.717, 1.165) is 40.0 Å². The zero-order chi connectivity index (χ0) is 23.9. The molecule has 1 aliphatic carbocycles. The minimum Gasteiger partial charge on any atom is -0.497 e. The van der Waals surface area contributed by atoms with E-state index in [1.807, 2.05) is 58.7 Å². The third-order valence-electron chi connectivity index (χ3n) is 6.94. The molecule has 0 unspecified atom stereocenters. The summed E-state index contributed by atoms with van der Waals surface area (Å²) in [4.78, 5) is 17.4. The second kappa shape index (κ2) is 9.21. The number of hydrogen-bond donors (Lipinski definition) is 1. The molecule has 0 saturated carbocycles. The maximum absolute atomic E-state index is 13.9. The number of aromatic nitrogens is 1. The second-order valence-electron chi connectivity index (χ2n) is 9.04. The van der Waals surface area contributed by atoms with Gasteiger partial charge < -0.3 is 19.5 Å². The quantitative estimate of drug-likeness (QED) is 0.292. The van der Waals surface area contributed by atoms with Gasteiger partial charge in [-0.15, -0.1) is 11.3 Å². The summed E-state index contributed by atoms with van der Waals surface area (Å²) in [7, 11) is 1.68. The molecule has 35 heavy (non-hydrogen) atoms. The van der Waals surface area contributed by atoms with E-state index < -0.39 is 0 Å². The summed E-state index contributed by atoms with van der Waals surface area (Å²) in [6.07, 6.45) is 6.81. The lowest BCUT2D eigenvalue weighted by atomic mass is 9.95. The molecule has 1 atom stereocenters. The zero-order valence-corrected chi connectivity index (χ0v) is 21.9. The van der Waals surface area contributed by atoms with Crippen molar-refractivity contribution in [2.24, 2.45) is 0 Å². The van der Waals surface area contributed by atoms with Crippen LogP contribution in [0.25, 0.3) is 5.00 Å². The number of halogens is 1. The van der Waals surface area contributed by atoms with E-state index in [1.54, 1.807) is 7.11 Å². The van der Waals surface area contributed by atoms with E-state index >= 15 is 0 Å². The van der Waals surface area contributed by atoms with E-state index in [-0.39, 0.29) is 12.1 Å². The van der Waals surface area contributed by atoms with Gasteiger partial charge in [0.2, 0.25) is 0 Å². The van der Waals surface area contributed by atoms with Gasteiger partial charge in [0, 0.05) is 26.8 Å². The first-order chi connectivity index (χ1) is 17.1. The van der Waals surface area contributed by atoms with Crippen molar-refractivity contribution in [2.75, 3.05) is 12.4 Å². The molecule has 0 fully saturated rings. The summed E-state index contributed by atoms with van der Waals surface area (Å²) in [5.41, 5.74) is 5.62. The first kappa shape index (κ1) is 22.4. The van der Waals surface area contributed by atoms with Gasteiger partial charge in [0.05, 0.1) is 25.4 Å². The number of ether oxygens (including phenoxy) is 1. The number of methoxy groups -OCH3 is 1. The van der Waals surface area contributed by atoms with Crippen molar-refractivity contribution in [1.82, 2.24) is 9.47 Å². The Labute approximate surface area is 217 Å². The zero-order valence-electron chi connectivity index (χ0n) is 19.5. The fourth-order valence-corrected chi connectivity index (χ4v) is 6.95. The Hall–Kier alpha value is -3.03. The lowest BCUT2D eigenvalue weighted by molar-refractivity contribution is 0.194. The van der Waals surface area contributed by atoms with E-state index in [1.165, 1.54) is 33.8 Å². The summed E-state index contributed by atoms with van der Waals surface area (Å²) in [6.45, 7) is 0.563. The molecular weight excluding hydrogens is 522 g/mol. The molecule has 4 aromatic rings. The number of benzene rings is 2. The molecule has 2 aromatic carbocycles. The highest BCUT2D eigenvalue weighted by molar-refractivity contribution is 9.10. The molecule has 2 amide bonds. The predicted molar refractivity (Wildman–Crippen MR) is 144 cm³/mol. The highest BCUT2D eigenvalue weighted by atomic mass is 79.9. The van der Waals surface area contributed by atoms with Gasteiger partial charge in [-0.25, -0.2) is 4.79 Å². The first-order valence-corrected chi connectivity index (χ1v) is 13.5. The Kier molecular flexibility index (Phi) is 5.90. The van der Waals surface area contributed by atoms with Gasteiger partial charge in [-0.05, 0) is 85.3 Å². The van der Waals surface area contributed by atoms with Gasteiger partial charge in [0.15, 0.2) is 0 Å². The van der Waals surface area contributed by atoms with Crippen LogP contribution in [0.4, 0.5) is 10.5 Å². The lowest BCUT2D eigenvalue weighted by Gasteiger charge is -2.31. The van der Waals surface area contributed by atoms with Crippen LogP contribution in [-0.4, -0.2) is 22.6 Å². The maximum Gasteiger partial charge on any atom is 0.322 e. The van der Waals surface area contributed by atoms with Crippen LogP contribution in [-0.2, 0) is 19.4 Å². The van der Waals surface area contributed by atoms with Crippen LogP contribution in [0, 0.1) is 0 Å². The van der Waals surface area contributed by atoms with Crippen LogP contribution in [0.1, 0.15) is 46.1 Å². The van der Waals surface area contributed by atoms with Crippen molar-refractivity contribution in [3.8, 4) is 10.8 Å². The highest BCUT2D eigenvalue weighted by Gasteiger charge is 2.36. The molecule has 7 heteroatoms. The average molecular weight is 549 g/mol. The Morgan fingerprint density at radius 2 is 1.89 bits per heavy atom. The monoisotopic (exact) mass is 547 g/mol. The number of nitrogens with zero attached hydrogens (tertiary/aromatic N) is 2. The molecule has 1 N–H and O–H groups in total. The number of carbonyl (C=O) groups is 1. The molecule has 5 nitrogen and oxygen atoms in total. The maximum atomic E-state index is 13.9. The number of aryl methyl sites for hydroxylation is 1. The predicted octanol–water partition coefficient (Wildman–Crippen LogP) is 7.33. The minimum atomic E-state index is -0.255. The molecule has 2 aromatic heterocycles. The van der Waals surface area contributed by atoms with E-state index in [2.05, 4.69) is 50.2 Å². The number of rotatable bonds is 3. The Morgan fingerprint density at radius 3 is 2.71 bits per heavy atom. The first-order valence-electron chi connectivity index (χ1n) is 11.9. The van der Waals surface area contributed by atoms with E-state index in [9.17, 15) is 4.79 Å². The molecule has 0 saturated heterocycles. The third-order valence-corrected chi connectivity index (χ3v) is 8.81. The number of anilines is 1. The van der Waals surface area contributed by atoms with Crippen molar-refractivity contribution in [3.63, 3.8) is 0 Å². The number of fused-ring (bicyclic) bond motifs is 5. The standard InChI is InChI=1S/C28H26BrN3O2S/c1-34-21-7-4-6-18(16-21)26-24-9-5-15-31(24)27-23(22-8-2-3-10-25(22)35-27)17-32(26)28(33)30-20-13-11-19(29)12-14-20/h4-7,9,11-16,26H,2-3,8,10,17H2,1H3,(H,30,33)/t26-/m0/s1. The van der Waals surface area contributed by atoms with Gasteiger partial charge in [0.25, 0.3) is 0 Å². The number of carbonyl (C=O) groups excluding carboxylic acids is 1. The van der Waals surface area contributed by atoms with Gasteiger partial charge in [-0.1, -0.05) is 28.1 Å². The third kappa shape index (κ3) is 4.06. The van der Waals surface area contributed by atoms with Gasteiger partial charge in [0.1, 0.15) is 10.8 Å². The van der Waals surface area contributed by atoms with Gasteiger partial charge in [-0.3, -0.25) is 0 Å². The molecule has 6 rings (SSSR count). The fraction of sp³-hybridized carbons (Fsp3) is 0.250. The van der Waals surface area contributed by atoms with Crippen LogP contribution in [0.2, 0.25) is 0 Å². The topological polar surface area (TPSA) is 46.5 Å². The number of thiophene rings is 1. The molecule has 3 heterocycles. The van der Waals surface area contributed by atoms with Crippen molar-refractivity contribution in [2.45, 2.75) is 38.3 Å². The van der Waals surface area contributed by atoms with Crippen LogP contribution in [0.3, 0.4) is 0 Å². The van der Waals surface area contributed by atoms with Gasteiger partial charge >= 0.3 is 6.03 Å². The number of hydrogen-bond acceptors (Lipinski definition) is 3. The minimum absolute atomic E-state index is 0.114. The Balaban J connectivity index is 1.50. The summed E-state index contributed by atoms with van der Waals surface area (Å²) < 4.78 is 8.82. The van der Waals surface area contributed by atoms with Crippen LogP contribution >= 0.6 is 27.3 Å². The van der Waals surface area contributed by atoms with Crippen molar-refractivity contribution >= 4 is 39.0 Å². The van der Waals surface area contributed by atoms with Crippen LogP contribution in [0.15, 0.2) is 71.3 Å². The molecule has 0 radical (unpaired) electrons. The smallest absolute Gasteiger partial charge is 0.322 e. The SMILES string of the molecule is COc1cccc([C@H]2c3cccn3-c3sc4c(c3CN2C(=O)Nc2ccc(Br)cc2)CCCC4)c1. The molecule has 1 aliphatic heterocycles. The van der Waals surface area contributed by atoms with Crippen LogP contribution < -0.4 is 10.1 Å². The molecule has 0 spiro atoms. The fourth-order valence-electron chi connectivity index (χ4n) is 5.28. The second-order valence-corrected chi connectivity index (χ2v) is 11.0. The van der Waals surface area contributed by atoms with Crippen molar-refractivity contribution < 1.29 is 9.53 Å². The molecule has 178 valence electrons. The normalized spacial score (nSPS) is 16.6. The summed E-state index contributed by atoms with van der Waals surface area (Å²) in [6, 6.07) is 19.6. The highest BCUT2D eigenvalue weighted by Crippen LogP contribution is 2.44. The average Bonchev–Trinajstić information content (AvgIpc) is 3.47. The summed E-state index contributed by atoms with van der Waals surface area (Å²) in [5.74, 6) is 0.783. The van der Waals surface area contributed by atoms with E-state index in [0.29, 0.717) is 6.54 Å². The van der Waals surface area contributed by atoms with Crippen molar-refractivity contribution in [1.29, 1.82) is 0 Å². The molecule has 0 bridgehead atoms. The number of nitrogens with one attached hydrogen (secondary N) is 1. The lowest BCUT2D eigenvalue weighted by Crippen LogP contribution is -2.38. The Bertz CT molecular complexity index is 1390. The number of amides is 2. The van der Waals surface area contributed by atoms with Crippen molar-refractivity contribution in [3.05, 3.63) is 98.6 Å². The summed E-state index contributed by atoms with van der Waals surface area (Å²) >= 11 is 5.38. The molecular formula is C28H26BrN3O2S. The van der Waals surface area contributed by atoms with Crippen LogP contribution in [0.5, 0.6) is 5.75 Å². The summed E-state index contributed by atoms with van der Waals surface area (Å²) in [5, 5.41) is 4.40. The van der Waals surface area contributed by atoms with E-state index in [4.69, 9.17) is 4.74 Å². The Morgan fingerprint density at radius 1 is 1.06 bits per heavy atom.